The van der Waals surface area contributed by atoms with Gasteiger partial charge in [0.2, 0.25) is 0 Å². The molecule has 0 bridgehead atoms. The van der Waals surface area contributed by atoms with Crippen molar-refractivity contribution in [3.05, 3.63) is 64.2 Å². The van der Waals surface area contributed by atoms with E-state index >= 15 is 0 Å². The number of rotatable bonds is 7. The van der Waals surface area contributed by atoms with Gasteiger partial charge in [-0.3, -0.25) is 4.79 Å². The molecule has 134 valence electrons. The Balaban J connectivity index is 1.99. The molecule has 0 aliphatic heterocycles. The number of carbonyl (C=O) groups is 1. The largest absolute Gasteiger partial charge is 0.481 e. The van der Waals surface area contributed by atoms with Crippen LogP contribution in [0.2, 0.25) is 0 Å². The van der Waals surface area contributed by atoms with E-state index in [-0.39, 0.29) is 5.91 Å². The maximum absolute atomic E-state index is 12.4. The lowest BCUT2D eigenvalue weighted by Crippen LogP contribution is -2.36. The standard InChI is InChI=1S/C22H29NO2/c1-6-18-8-9-19(7-2)20(13-18)14-23-22(24)17(5)25-21-11-15(3)10-16(4)12-21/h8-13,17H,6-7,14H2,1-5H3,(H,23,24)/t17-/m0/s1. The van der Waals surface area contributed by atoms with Gasteiger partial charge in [0.1, 0.15) is 5.75 Å². The summed E-state index contributed by atoms with van der Waals surface area (Å²) in [7, 11) is 0. The van der Waals surface area contributed by atoms with E-state index in [2.05, 4.69) is 43.4 Å². The lowest BCUT2D eigenvalue weighted by Gasteiger charge is -2.17. The lowest BCUT2D eigenvalue weighted by molar-refractivity contribution is -0.127. The fraction of sp³-hybridized carbons (Fsp3) is 0.409. The summed E-state index contributed by atoms with van der Waals surface area (Å²) < 4.78 is 5.82. The third kappa shape index (κ3) is 5.35. The molecule has 2 aromatic rings. The second-order valence-electron chi connectivity index (χ2n) is 6.61. The fourth-order valence-electron chi connectivity index (χ4n) is 2.99. The van der Waals surface area contributed by atoms with Gasteiger partial charge < -0.3 is 10.1 Å². The van der Waals surface area contributed by atoms with Gasteiger partial charge in [0, 0.05) is 6.54 Å². The molecular formula is C22H29NO2. The third-order valence-electron chi connectivity index (χ3n) is 4.39. The van der Waals surface area contributed by atoms with Crippen molar-refractivity contribution in [2.75, 3.05) is 0 Å². The molecule has 3 heteroatoms. The predicted octanol–water partition coefficient (Wildman–Crippen LogP) is 4.51. The Hall–Kier alpha value is -2.29. The summed E-state index contributed by atoms with van der Waals surface area (Å²) >= 11 is 0. The van der Waals surface area contributed by atoms with Crippen molar-refractivity contribution in [1.82, 2.24) is 5.32 Å². The number of ether oxygens (including phenoxy) is 1. The van der Waals surface area contributed by atoms with Crippen LogP contribution in [0.4, 0.5) is 0 Å². The van der Waals surface area contributed by atoms with E-state index in [9.17, 15) is 4.79 Å². The number of benzene rings is 2. The minimum Gasteiger partial charge on any atom is -0.481 e. The minimum absolute atomic E-state index is 0.0943. The second-order valence-corrected chi connectivity index (χ2v) is 6.61. The summed E-state index contributed by atoms with van der Waals surface area (Å²) in [6.07, 6.45) is 1.43. The molecular weight excluding hydrogens is 310 g/mol. The van der Waals surface area contributed by atoms with Crippen LogP contribution in [0.1, 0.15) is 48.6 Å². The molecule has 0 spiro atoms. The first-order chi connectivity index (χ1) is 11.9. The van der Waals surface area contributed by atoms with E-state index in [1.165, 1.54) is 16.7 Å². The van der Waals surface area contributed by atoms with Gasteiger partial charge in [-0.25, -0.2) is 0 Å². The Morgan fingerprint density at radius 2 is 1.68 bits per heavy atom. The van der Waals surface area contributed by atoms with Crippen LogP contribution in [-0.4, -0.2) is 12.0 Å². The van der Waals surface area contributed by atoms with Crippen molar-refractivity contribution < 1.29 is 9.53 Å². The highest BCUT2D eigenvalue weighted by atomic mass is 16.5. The van der Waals surface area contributed by atoms with Crippen LogP contribution in [-0.2, 0) is 24.2 Å². The zero-order valence-electron chi connectivity index (χ0n) is 16.0. The van der Waals surface area contributed by atoms with Gasteiger partial charge in [0.25, 0.3) is 5.91 Å². The van der Waals surface area contributed by atoms with E-state index in [1.807, 2.05) is 26.0 Å². The van der Waals surface area contributed by atoms with Crippen molar-refractivity contribution in [3.8, 4) is 5.75 Å². The number of amides is 1. The summed E-state index contributed by atoms with van der Waals surface area (Å²) in [6.45, 7) is 10.7. The van der Waals surface area contributed by atoms with Gasteiger partial charge in [0.15, 0.2) is 6.10 Å². The summed E-state index contributed by atoms with van der Waals surface area (Å²) in [5, 5.41) is 3.01. The van der Waals surface area contributed by atoms with Crippen molar-refractivity contribution >= 4 is 5.91 Å². The zero-order valence-corrected chi connectivity index (χ0v) is 16.0. The van der Waals surface area contributed by atoms with Crippen LogP contribution in [0.15, 0.2) is 36.4 Å². The molecule has 1 N–H and O–H groups in total. The molecule has 25 heavy (non-hydrogen) atoms. The van der Waals surface area contributed by atoms with E-state index in [0.29, 0.717) is 6.54 Å². The van der Waals surface area contributed by atoms with E-state index in [1.54, 1.807) is 6.92 Å². The van der Waals surface area contributed by atoms with Crippen molar-refractivity contribution in [2.45, 2.75) is 60.1 Å². The molecule has 2 rings (SSSR count). The second kappa shape index (κ2) is 8.70. The SMILES string of the molecule is CCc1ccc(CC)c(CNC(=O)[C@H](C)Oc2cc(C)cc(C)c2)c1. The summed E-state index contributed by atoms with van der Waals surface area (Å²) in [5.74, 6) is 0.644. The summed E-state index contributed by atoms with van der Waals surface area (Å²) in [6, 6.07) is 12.5. The molecule has 0 fully saturated rings. The number of aryl methyl sites for hydroxylation is 4. The Labute approximate surface area is 151 Å². The molecule has 3 nitrogen and oxygen atoms in total. The highest BCUT2D eigenvalue weighted by molar-refractivity contribution is 5.80. The van der Waals surface area contributed by atoms with Gasteiger partial charge in [-0.15, -0.1) is 0 Å². The quantitative estimate of drug-likeness (QED) is 0.806. The average Bonchev–Trinajstić information content (AvgIpc) is 2.58. The van der Waals surface area contributed by atoms with Gasteiger partial charge in [-0.1, -0.05) is 38.1 Å². The predicted molar refractivity (Wildman–Crippen MR) is 103 cm³/mol. The van der Waals surface area contributed by atoms with E-state index in [0.717, 1.165) is 29.7 Å². The van der Waals surface area contributed by atoms with Crippen LogP contribution >= 0.6 is 0 Å². The van der Waals surface area contributed by atoms with E-state index < -0.39 is 6.10 Å². The highest BCUT2D eigenvalue weighted by Gasteiger charge is 2.15. The Bertz CT molecular complexity index is 717. The maximum atomic E-state index is 12.4. The smallest absolute Gasteiger partial charge is 0.261 e. The van der Waals surface area contributed by atoms with Crippen LogP contribution in [0.25, 0.3) is 0 Å². The molecule has 0 saturated carbocycles. The molecule has 0 unspecified atom stereocenters. The molecule has 0 aromatic heterocycles. The Morgan fingerprint density at radius 3 is 2.28 bits per heavy atom. The van der Waals surface area contributed by atoms with Crippen molar-refractivity contribution in [3.63, 3.8) is 0 Å². The van der Waals surface area contributed by atoms with Crippen LogP contribution in [0.3, 0.4) is 0 Å². The number of hydrogen-bond donors (Lipinski definition) is 1. The zero-order chi connectivity index (χ0) is 18.4. The molecule has 0 saturated heterocycles. The lowest BCUT2D eigenvalue weighted by atomic mass is 10.0. The maximum Gasteiger partial charge on any atom is 0.261 e. The highest BCUT2D eigenvalue weighted by Crippen LogP contribution is 2.18. The normalized spacial score (nSPS) is 11.9. The Morgan fingerprint density at radius 1 is 1.00 bits per heavy atom. The van der Waals surface area contributed by atoms with Gasteiger partial charge in [0.05, 0.1) is 0 Å². The van der Waals surface area contributed by atoms with Crippen molar-refractivity contribution in [2.24, 2.45) is 0 Å². The van der Waals surface area contributed by atoms with Gasteiger partial charge in [-0.2, -0.15) is 0 Å². The number of nitrogens with one attached hydrogen (secondary N) is 1. The Kier molecular flexibility index (Phi) is 6.63. The third-order valence-corrected chi connectivity index (χ3v) is 4.39. The summed E-state index contributed by atoms with van der Waals surface area (Å²) in [4.78, 5) is 12.4. The number of carbonyl (C=O) groups excluding carboxylic acids is 1. The van der Waals surface area contributed by atoms with Crippen molar-refractivity contribution in [1.29, 1.82) is 0 Å². The molecule has 0 heterocycles. The first kappa shape index (κ1) is 19.0. The van der Waals surface area contributed by atoms with E-state index in [4.69, 9.17) is 4.74 Å². The number of hydrogen-bond acceptors (Lipinski definition) is 2. The molecule has 0 aliphatic rings. The van der Waals surface area contributed by atoms with Crippen LogP contribution in [0, 0.1) is 13.8 Å². The first-order valence-corrected chi connectivity index (χ1v) is 9.06. The molecule has 1 amide bonds. The first-order valence-electron chi connectivity index (χ1n) is 9.06. The molecule has 1 atom stereocenters. The average molecular weight is 339 g/mol. The molecule has 0 aliphatic carbocycles. The van der Waals surface area contributed by atoms with Gasteiger partial charge >= 0.3 is 0 Å². The monoisotopic (exact) mass is 339 g/mol. The van der Waals surface area contributed by atoms with Gasteiger partial charge in [-0.05, 0) is 73.6 Å². The topological polar surface area (TPSA) is 38.3 Å². The fourth-order valence-corrected chi connectivity index (χ4v) is 2.99. The summed E-state index contributed by atoms with van der Waals surface area (Å²) in [5.41, 5.74) is 6.02. The minimum atomic E-state index is -0.527. The van der Waals surface area contributed by atoms with Crippen LogP contribution < -0.4 is 10.1 Å². The molecule has 0 radical (unpaired) electrons. The molecule has 2 aromatic carbocycles. The van der Waals surface area contributed by atoms with Crippen LogP contribution in [0.5, 0.6) is 5.75 Å².